The minimum atomic E-state index is 0.632. The maximum absolute atomic E-state index is 5.35. The third kappa shape index (κ3) is 4.65. The molecule has 0 aliphatic heterocycles. The van der Waals surface area contributed by atoms with Crippen LogP contribution in [-0.2, 0) is 17.8 Å². The third-order valence-electron chi connectivity index (χ3n) is 2.79. The van der Waals surface area contributed by atoms with Crippen LogP contribution in [0.15, 0.2) is 29.6 Å². The zero-order chi connectivity index (χ0) is 13.5. The molecular formula is C15H20N2OS. The maximum Gasteiger partial charge on any atom is 0.119 e. The van der Waals surface area contributed by atoms with E-state index in [1.165, 1.54) is 5.56 Å². The van der Waals surface area contributed by atoms with Crippen molar-refractivity contribution in [3.8, 4) is 0 Å². The first kappa shape index (κ1) is 14.0. The number of nitrogens with zero attached hydrogens (tertiary/aromatic N) is 1. The van der Waals surface area contributed by atoms with Crippen LogP contribution in [-0.4, -0.2) is 18.1 Å². The largest absolute Gasteiger partial charge is 0.385 e. The van der Waals surface area contributed by atoms with E-state index in [1.807, 2.05) is 6.92 Å². The molecule has 1 N–H and O–H groups in total. The molecule has 2 aromatic rings. The summed E-state index contributed by atoms with van der Waals surface area (Å²) < 4.78 is 5.35. The number of hydrogen-bond acceptors (Lipinski definition) is 4. The fraction of sp³-hybridized carbons (Fsp3) is 0.400. The number of aryl methyl sites for hydroxylation is 1. The van der Waals surface area contributed by atoms with Crippen LogP contribution in [0, 0.1) is 6.92 Å². The van der Waals surface area contributed by atoms with Gasteiger partial charge in [-0.05, 0) is 26.0 Å². The summed E-state index contributed by atoms with van der Waals surface area (Å²) in [6.45, 7) is 6.37. The molecule has 2 rings (SSSR count). The SMILES string of the molecule is CCOCc1nc(CCNc2ccc(C)cc2)cs1. The number of thiazole rings is 1. The lowest BCUT2D eigenvalue weighted by Crippen LogP contribution is -2.05. The van der Waals surface area contributed by atoms with Crippen molar-refractivity contribution in [1.29, 1.82) is 0 Å². The summed E-state index contributed by atoms with van der Waals surface area (Å²) >= 11 is 1.67. The van der Waals surface area contributed by atoms with Gasteiger partial charge in [0.25, 0.3) is 0 Å². The Balaban J connectivity index is 1.76. The smallest absolute Gasteiger partial charge is 0.119 e. The van der Waals surface area contributed by atoms with Crippen LogP contribution in [0.25, 0.3) is 0 Å². The third-order valence-corrected chi connectivity index (χ3v) is 3.66. The van der Waals surface area contributed by atoms with E-state index in [-0.39, 0.29) is 0 Å². The summed E-state index contributed by atoms with van der Waals surface area (Å²) in [7, 11) is 0. The molecule has 0 unspecified atom stereocenters. The molecule has 1 aromatic heterocycles. The van der Waals surface area contributed by atoms with E-state index in [0.717, 1.165) is 36.0 Å². The molecule has 1 heterocycles. The van der Waals surface area contributed by atoms with Gasteiger partial charge in [-0.1, -0.05) is 17.7 Å². The van der Waals surface area contributed by atoms with Gasteiger partial charge in [0, 0.05) is 30.6 Å². The van der Waals surface area contributed by atoms with Gasteiger partial charge in [0.15, 0.2) is 0 Å². The maximum atomic E-state index is 5.35. The Labute approximate surface area is 118 Å². The molecule has 0 fully saturated rings. The highest BCUT2D eigenvalue weighted by atomic mass is 32.1. The average Bonchev–Trinajstić information content (AvgIpc) is 2.87. The van der Waals surface area contributed by atoms with E-state index >= 15 is 0 Å². The van der Waals surface area contributed by atoms with Gasteiger partial charge in [-0.15, -0.1) is 11.3 Å². The zero-order valence-corrected chi connectivity index (χ0v) is 12.3. The quantitative estimate of drug-likeness (QED) is 0.838. The fourth-order valence-corrected chi connectivity index (χ4v) is 2.49. The number of rotatable bonds is 7. The Morgan fingerprint density at radius 1 is 1.26 bits per heavy atom. The Kier molecular flexibility index (Phi) is 5.36. The van der Waals surface area contributed by atoms with Crippen LogP contribution in [0.2, 0.25) is 0 Å². The van der Waals surface area contributed by atoms with E-state index in [2.05, 4.69) is 46.9 Å². The predicted molar refractivity (Wildman–Crippen MR) is 80.8 cm³/mol. The standard InChI is InChI=1S/C15H20N2OS/c1-3-18-10-15-17-14(11-19-15)8-9-16-13-6-4-12(2)5-7-13/h4-7,11,16H,3,8-10H2,1-2H3. The molecule has 0 saturated heterocycles. The van der Waals surface area contributed by atoms with Crippen molar-refractivity contribution >= 4 is 17.0 Å². The van der Waals surface area contributed by atoms with Crippen molar-refractivity contribution in [3.05, 3.63) is 45.9 Å². The number of aromatic nitrogens is 1. The summed E-state index contributed by atoms with van der Waals surface area (Å²) in [5, 5.41) is 6.58. The van der Waals surface area contributed by atoms with Gasteiger partial charge in [0.2, 0.25) is 0 Å². The van der Waals surface area contributed by atoms with Gasteiger partial charge in [-0.2, -0.15) is 0 Å². The first-order chi connectivity index (χ1) is 9.28. The van der Waals surface area contributed by atoms with Crippen molar-refractivity contribution in [3.63, 3.8) is 0 Å². The summed E-state index contributed by atoms with van der Waals surface area (Å²) in [5.41, 5.74) is 3.58. The highest BCUT2D eigenvalue weighted by molar-refractivity contribution is 7.09. The Morgan fingerprint density at radius 3 is 2.79 bits per heavy atom. The highest BCUT2D eigenvalue weighted by Gasteiger charge is 2.01. The second-order valence-electron chi connectivity index (χ2n) is 4.41. The van der Waals surface area contributed by atoms with Gasteiger partial charge >= 0.3 is 0 Å². The summed E-state index contributed by atoms with van der Waals surface area (Å²) in [5.74, 6) is 0. The number of ether oxygens (including phenoxy) is 1. The van der Waals surface area contributed by atoms with E-state index in [0.29, 0.717) is 6.61 Å². The molecule has 102 valence electrons. The number of nitrogens with one attached hydrogen (secondary N) is 1. The van der Waals surface area contributed by atoms with Gasteiger partial charge in [0.1, 0.15) is 5.01 Å². The van der Waals surface area contributed by atoms with Crippen LogP contribution in [0.5, 0.6) is 0 Å². The molecule has 0 aliphatic rings. The van der Waals surface area contributed by atoms with Crippen molar-refractivity contribution in [2.24, 2.45) is 0 Å². The van der Waals surface area contributed by atoms with Crippen LogP contribution in [0.3, 0.4) is 0 Å². The summed E-state index contributed by atoms with van der Waals surface area (Å²) in [4.78, 5) is 4.55. The van der Waals surface area contributed by atoms with Gasteiger partial charge in [0.05, 0.1) is 12.3 Å². The normalized spacial score (nSPS) is 10.6. The van der Waals surface area contributed by atoms with Crippen molar-refractivity contribution in [2.75, 3.05) is 18.5 Å². The van der Waals surface area contributed by atoms with Crippen LogP contribution in [0.4, 0.5) is 5.69 Å². The van der Waals surface area contributed by atoms with Gasteiger partial charge in [-0.3, -0.25) is 0 Å². The van der Waals surface area contributed by atoms with E-state index in [4.69, 9.17) is 4.74 Å². The molecule has 0 saturated carbocycles. The molecule has 0 atom stereocenters. The van der Waals surface area contributed by atoms with Crippen LogP contribution < -0.4 is 5.32 Å². The molecule has 0 spiro atoms. The molecule has 0 aliphatic carbocycles. The lowest BCUT2D eigenvalue weighted by Gasteiger charge is -2.05. The molecule has 19 heavy (non-hydrogen) atoms. The van der Waals surface area contributed by atoms with Gasteiger partial charge < -0.3 is 10.1 Å². The minimum Gasteiger partial charge on any atom is -0.385 e. The molecular weight excluding hydrogens is 256 g/mol. The number of hydrogen-bond donors (Lipinski definition) is 1. The molecule has 0 bridgehead atoms. The Hall–Kier alpha value is -1.39. The first-order valence-electron chi connectivity index (χ1n) is 6.59. The predicted octanol–water partition coefficient (Wildman–Crippen LogP) is 3.64. The lowest BCUT2D eigenvalue weighted by atomic mass is 10.2. The second-order valence-corrected chi connectivity index (χ2v) is 5.36. The monoisotopic (exact) mass is 276 g/mol. The topological polar surface area (TPSA) is 34.1 Å². The average molecular weight is 276 g/mol. The van der Waals surface area contributed by atoms with Crippen molar-refractivity contribution in [2.45, 2.75) is 26.9 Å². The molecule has 0 amide bonds. The summed E-state index contributed by atoms with van der Waals surface area (Å²) in [6.07, 6.45) is 0.941. The van der Waals surface area contributed by atoms with Gasteiger partial charge in [-0.25, -0.2) is 4.98 Å². The van der Waals surface area contributed by atoms with Crippen molar-refractivity contribution in [1.82, 2.24) is 4.98 Å². The molecule has 1 aromatic carbocycles. The second kappa shape index (κ2) is 7.26. The van der Waals surface area contributed by atoms with E-state index in [9.17, 15) is 0 Å². The Bertz CT molecular complexity index is 493. The fourth-order valence-electron chi connectivity index (χ4n) is 1.73. The van der Waals surface area contributed by atoms with E-state index < -0.39 is 0 Å². The summed E-state index contributed by atoms with van der Waals surface area (Å²) in [6, 6.07) is 8.45. The van der Waals surface area contributed by atoms with Crippen LogP contribution >= 0.6 is 11.3 Å². The lowest BCUT2D eigenvalue weighted by molar-refractivity contribution is 0.134. The number of anilines is 1. The molecule has 4 heteroatoms. The van der Waals surface area contributed by atoms with Crippen molar-refractivity contribution < 1.29 is 4.74 Å². The molecule has 3 nitrogen and oxygen atoms in total. The Morgan fingerprint density at radius 2 is 2.05 bits per heavy atom. The molecule has 0 radical (unpaired) electrons. The zero-order valence-electron chi connectivity index (χ0n) is 11.5. The first-order valence-corrected chi connectivity index (χ1v) is 7.47. The van der Waals surface area contributed by atoms with E-state index in [1.54, 1.807) is 11.3 Å². The highest BCUT2D eigenvalue weighted by Crippen LogP contribution is 2.12. The number of benzene rings is 1. The minimum absolute atomic E-state index is 0.632. The van der Waals surface area contributed by atoms with Crippen LogP contribution in [0.1, 0.15) is 23.2 Å².